The predicted octanol–water partition coefficient (Wildman–Crippen LogP) is 1.88. The van der Waals surface area contributed by atoms with E-state index in [4.69, 9.17) is 5.73 Å². The number of carbonyl (C=O) groups is 2. The van der Waals surface area contributed by atoms with Crippen LogP contribution in [0.3, 0.4) is 0 Å². The summed E-state index contributed by atoms with van der Waals surface area (Å²) in [5.41, 5.74) is 6.36. The Kier molecular flexibility index (Phi) is 3.71. The zero-order valence-corrected chi connectivity index (χ0v) is 13.0. The number of aromatic nitrogens is 1. The first-order chi connectivity index (χ1) is 10.1. The van der Waals surface area contributed by atoms with Crippen LogP contribution in [0.4, 0.5) is 0 Å². The molecule has 0 bridgehead atoms. The van der Waals surface area contributed by atoms with E-state index in [-0.39, 0.29) is 12.5 Å². The lowest BCUT2D eigenvalue weighted by Crippen LogP contribution is -2.44. The lowest BCUT2D eigenvalue weighted by atomic mass is 10.2. The van der Waals surface area contributed by atoms with Crippen LogP contribution in [0.25, 0.3) is 10.9 Å². The van der Waals surface area contributed by atoms with Gasteiger partial charge in [0.2, 0.25) is 11.8 Å². The van der Waals surface area contributed by atoms with Crippen molar-refractivity contribution in [1.82, 2.24) is 9.47 Å². The van der Waals surface area contributed by atoms with Crippen LogP contribution in [0.1, 0.15) is 12.8 Å². The second-order valence-electron chi connectivity index (χ2n) is 5.26. The average Bonchev–Trinajstić information content (AvgIpc) is 3.06. The van der Waals surface area contributed by atoms with Crippen molar-refractivity contribution in [2.24, 2.45) is 5.73 Å². The van der Waals surface area contributed by atoms with Crippen molar-refractivity contribution >= 4 is 38.6 Å². The topological polar surface area (TPSA) is 68.3 Å². The van der Waals surface area contributed by atoms with E-state index >= 15 is 0 Å². The van der Waals surface area contributed by atoms with E-state index in [2.05, 4.69) is 15.9 Å². The van der Waals surface area contributed by atoms with E-state index in [1.54, 1.807) is 4.90 Å². The number of likely N-dealkylation sites (tertiary alicyclic amines) is 1. The van der Waals surface area contributed by atoms with Gasteiger partial charge >= 0.3 is 0 Å². The summed E-state index contributed by atoms with van der Waals surface area (Å²) in [6.07, 6.45) is 3.39. The number of fused-ring (bicyclic) bond motifs is 1. The summed E-state index contributed by atoms with van der Waals surface area (Å²) < 4.78 is 2.90. The second kappa shape index (κ2) is 5.52. The summed E-state index contributed by atoms with van der Waals surface area (Å²) in [4.78, 5) is 25.4. The molecule has 110 valence electrons. The van der Waals surface area contributed by atoms with Crippen molar-refractivity contribution in [2.75, 3.05) is 6.54 Å². The standard InChI is InChI=1S/C15H16BrN3O2/c16-11-3-1-4-12-10(11)6-8-18(12)9-14(20)19-7-2-5-13(19)15(17)21/h1,3-4,6,8,13H,2,5,7,9H2,(H2,17,21). The Morgan fingerprint density at radius 1 is 1.33 bits per heavy atom. The van der Waals surface area contributed by atoms with Gasteiger partial charge in [-0.3, -0.25) is 9.59 Å². The molecule has 1 atom stereocenters. The van der Waals surface area contributed by atoms with Gasteiger partial charge in [0.15, 0.2) is 0 Å². The highest BCUT2D eigenvalue weighted by atomic mass is 79.9. The van der Waals surface area contributed by atoms with Gasteiger partial charge in [-0.1, -0.05) is 22.0 Å². The molecule has 2 amide bonds. The van der Waals surface area contributed by atoms with E-state index in [0.717, 1.165) is 21.8 Å². The van der Waals surface area contributed by atoms with E-state index in [1.807, 2.05) is 35.0 Å². The molecule has 0 aliphatic carbocycles. The maximum atomic E-state index is 12.4. The molecule has 1 aromatic carbocycles. The van der Waals surface area contributed by atoms with E-state index in [0.29, 0.717) is 13.0 Å². The molecule has 5 nitrogen and oxygen atoms in total. The van der Waals surface area contributed by atoms with E-state index < -0.39 is 11.9 Å². The highest BCUT2D eigenvalue weighted by Crippen LogP contribution is 2.25. The molecule has 3 rings (SSSR count). The van der Waals surface area contributed by atoms with Gasteiger partial charge in [-0.15, -0.1) is 0 Å². The lowest BCUT2D eigenvalue weighted by molar-refractivity contribution is -0.137. The molecule has 2 heterocycles. The molecule has 1 aromatic heterocycles. The molecule has 1 aliphatic rings. The number of hydrogen-bond donors (Lipinski definition) is 1. The first-order valence-corrected chi connectivity index (χ1v) is 7.69. The smallest absolute Gasteiger partial charge is 0.243 e. The van der Waals surface area contributed by atoms with Crippen LogP contribution in [-0.4, -0.2) is 33.9 Å². The molecular weight excluding hydrogens is 334 g/mol. The van der Waals surface area contributed by atoms with E-state index in [9.17, 15) is 9.59 Å². The largest absolute Gasteiger partial charge is 0.368 e. The monoisotopic (exact) mass is 349 g/mol. The molecule has 2 aromatic rings. The Morgan fingerprint density at radius 2 is 2.14 bits per heavy atom. The van der Waals surface area contributed by atoms with Gasteiger partial charge in [0, 0.05) is 28.1 Å². The predicted molar refractivity (Wildman–Crippen MR) is 83.6 cm³/mol. The number of amides is 2. The molecule has 6 heteroatoms. The number of halogens is 1. The molecule has 0 spiro atoms. The summed E-state index contributed by atoms with van der Waals surface area (Å²) in [6, 6.07) is 7.41. The number of primary amides is 1. The normalized spacial score (nSPS) is 18.3. The van der Waals surface area contributed by atoms with Crippen molar-refractivity contribution in [3.63, 3.8) is 0 Å². The Morgan fingerprint density at radius 3 is 2.90 bits per heavy atom. The minimum Gasteiger partial charge on any atom is -0.368 e. The summed E-state index contributed by atoms with van der Waals surface area (Å²) in [7, 11) is 0. The number of hydrogen-bond acceptors (Lipinski definition) is 2. The summed E-state index contributed by atoms with van der Waals surface area (Å²) in [5, 5.41) is 1.07. The van der Waals surface area contributed by atoms with Gasteiger partial charge in [0.1, 0.15) is 12.6 Å². The third-order valence-corrected chi connectivity index (χ3v) is 4.66. The fraction of sp³-hybridized carbons (Fsp3) is 0.333. The first-order valence-electron chi connectivity index (χ1n) is 6.90. The van der Waals surface area contributed by atoms with Gasteiger partial charge in [0.25, 0.3) is 0 Å². The highest BCUT2D eigenvalue weighted by molar-refractivity contribution is 9.10. The molecule has 1 saturated heterocycles. The van der Waals surface area contributed by atoms with Gasteiger partial charge in [-0.2, -0.15) is 0 Å². The molecule has 21 heavy (non-hydrogen) atoms. The van der Waals surface area contributed by atoms with E-state index in [1.165, 1.54) is 0 Å². The number of benzene rings is 1. The van der Waals surface area contributed by atoms with Crippen LogP contribution >= 0.6 is 15.9 Å². The van der Waals surface area contributed by atoms with Crippen LogP contribution in [0.2, 0.25) is 0 Å². The molecule has 0 radical (unpaired) electrons. The maximum Gasteiger partial charge on any atom is 0.243 e. The summed E-state index contributed by atoms with van der Waals surface area (Å²) in [6.45, 7) is 0.832. The van der Waals surface area contributed by atoms with Gasteiger partial charge in [-0.05, 0) is 31.0 Å². The van der Waals surface area contributed by atoms with Gasteiger partial charge in [-0.25, -0.2) is 0 Å². The quantitative estimate of drug-likeness (QED) is 0.918. The van der Waals surface area contributed by atoms with Crippen molar-refractivity contribution in [1.29, 1.82) is 0 Å². The van der Waals surface area contributed by atoms with Crippen LogP contribution in [-0.2, 0) is 16.1 Å². The third-order valence-electron chi connectivity index (χ3n) is 3.97. The molecule has 1 unspecified atom stereocenters. The summed E-state index contributed by atoms with van der Waals surface area (Å²) in [5.74, 6) is -0.477. The molecule has 1 aliphatic heterocycles. The number of nitrogens with two attached hydrogens (primary N) is 1. The lowest BCUT2D eigenvalue weighted by Gasteiger charge is -2.22. The zero-order valence-electron chi connectivity index (χ0n) is 11.5. The molecular formula is C15H16BrN3O2. The number of rotatable bonds is 3. The van der Waals surface area contributed by atoms with Crippen molar-refractivity contribution in [2.45, 2.75) is 25.4 Å². The fourth-order valence-electron chi connectivity index (χ4n) is 2.92. The Bertz CT molecular complexity index is 710. The van der Waals surface area contributed by atoms with Crippen molar-refractivity contribution in [3.8, 4) is 0 Å². The van der Waals surface area contributed by atoms with Crippen LogP contribution in [0.15, 0.2) is 34.9 Å². The zero-order chi connectivity index (χ0) is 15.0. The summed E-state index contributed by atoms with van der Waals surface area (Å²) >= 11 is 3.50. The third kappa shape index (κ3) is 2.55. The van der Waals surface area contributed by atoms with Gasteiger partial charge in [0.05, 0.1) is 0 Å². The van der Waals surface area contributed by atoms with Crippen molar-refractivity contribution < 1.29 is 9.59 Å². The van der Waals surface area contributed by atoms with Crippen LogP contribution in [0, 0.1) is 0 Å². The van der Waals surface area contributed by atoms with Crippen LogP contribution < -0.4 is 5.73 Å². The average molecular weight is 350 g/mol. The van der Waals surface area contributed by atoms with Gasteiger partial charge < -0.3 is 15.2 Å². The first kappa shape index (κ1) is 14.1. The molecule has 1 fully saturated rings. The SMILES string of the molecule is NC(=O)C1CCCN1C(=O)Cn1ccc2c(Br)cccc21. The number of nitrogens with zero attached hydrogens (tertiary/aromatic N) is 2. The minimum absolute atomic E-state index is 0.0613. The fourth-order valence-corrected chi connectivity index (χ4v) is 3.41. The molecule has 2 N–H and O–H groups in total. The Balaban J connectivity index is 1.84. The number of carbonyl (C=O) groups excluding carboxylic acids is 2. The Labute approximate surface area is 130 Å². The van der Waals surface area contributed by atoms with Crippen LogP contribution in [0.5, 0.6) is 0 Å². The molecule has 0 saturated carbocycles. The highest BCUT2D eigenvalue weighted by Gasteiger charge is 2.32. The Hall–Kier alpha value is -1.82. The second-order valence-corrected chi connectivity index (χ2v) is 6.12. The maximum absolute atomic E-state index is 12.4. The van der Waals surface area contributed by atoms with Crippen molar-refractivity contribution in [3.05, 3.63) is 34.9 Å². The minimum atomic E-state index is -0.453.